The highest BCUT2D eigenvalue weighted by molar-refractivity contribution is 5.75. The second-order valence-electron chi connectivity index (χ2n) is 4.06. The maximum Gasteiger partial charge on any atom is 0.239 e. The summed E-state index contributed by atoms with van der Waals surface area (Å²) >= 11 is 0. The van der Waals surface area contributed by atoms with Crippen LogP contribution in [0.3, 0.4) is 0 Å². The molecule has 5 nitrogen and oxygen atoms in total. The maximum atomic E-state index is 11.6. The number of hydrogen-bond acceptors (Lipinski definition) is 4. The molecule has 0 fully saturated rings. The molecule has 1 aromatic carbocycles. The van der Waals surface area contributed by atoms with Crippen molar-refractivity contribution in [3.05, 3.63) is 29.3 Å². The topological polar surface area (TPSA) is 53.0 Å². The van der Waals surface area contributed by atoms with Gasteiger partial charge in [-0.2, -0.15) is 5.17 Å². The number of amides is 1. The molecule has 0 saturated carbocycles. The van der Waals surface area contributed by atoms with Crippen molar-refractivity contribution in [1.29, 1.82) is 0 Å². The maximum absolute atomic E-state index is 11.6. The molecular weight excluding hydrogens is 232 g/mol. The van der Waals surface area contributed by atoms with Crippen LogP contribution in [0, 0.1) is 13.8 Å². The van der Waals surface area contributed by atoms with Gasteiger partial charge in [0.1, 0.15) is 0 Å². The fraction of sp³-hybridized carbons (Fsp3) is 0.462. The fourth-order valence-electron chi connectivity index (χ4n) is 1.89. The summed E-state index contributed by atoms with van der Waals surface area (Å²) in [6.07, 6.45) is 0. The van der Waals surface area contributed by atoms with Crippen LogP contribution in [-0.2, 0) is 9.63 Å². The zero-order valence-corrected chi connectivity index (χ0v) is 11.3. The number of aliphatic hydroxyl groups excluding tert-OH is 1. The third-order valence-electron chi connectivity index (χ3n) is 2.70. The van der Waals surface area contributed by atoms with Crippen molar-refractivity contribution >= 4 is 11.6 Å². The SMILES string of the molecule is CON(c1c(C)cccc1C)N(CCO)C(C)=O. The fourth-order valence-corrected chi connectivity index (χ4v) is 1.89. The zero-order valence-electron chi connectivity index (χ0n) is 11.3. The van der Waals surface area contributed by atoms with Crippen LogP contribution < -0.4 is 5.17 Å². The first-order valence-electron chi connectivity index (χ1n) is 5.82. The van der Waals surface area contributed by atoms with Gasteiger partial charge in [-0.05, 0) is 25.0 Å². The molecule has 18 heavy (non-hydrogen) atoms. The third-order valence-corrected chi connectivity index (χ3v) is 2.70. The van der Waals surface area contributed by atoms with E-state index in [9.17, 15) is 4.79 Å². The lowest BCUT2D eigenvalue weighted by atomic mass is 10.1. The molecule has 0 aliphatic carbocycles. The second-order valence-corrected chi connectivity index (χ2v) is 4.06. The van der Waals surface area contributed by atoms with Gasteiger partial charge >= 0.3 is 0 Å². The number of aryl methyl sites for hydroxylation is 2. The van der Waals surface area contributed by atoms with Crippen LogP contribution in [0.4, 0.5) is 5.69 Å². The minimum absolute atomic E-state index is 0.121. The van der Waals surface area contributed by atoms with Crippen molar-refractivity contribution in [2.45, 2.75) is 20.8 Å². The van der Waals surface area contributed by atoms with Crippen molar-refractivity contribution in [3.8, 4) is 0 Å². The second kappa shape index (κ2) is 6.37. The highest BCUT2D eigenvalue weighted by atomic mass is 16.7. The standard InChI is InChI=1S/C13H20N2O3/c1-10-6-5-7-11(2)13(10)15(18-4)14(8-9-16)12(3)17/h5-7,16H,8-9H2,1-4H3. The van der Waals surface area contributed by atoms with Gasteiger partial charge in [-0.3, -0.25) is 9.63 Å². The lowest BCUT2D eigenvalue weighted by Crippen LogP contribution is -2.47. The molecule has 1 rings (SSSR count). The van der Waals surface area contributed by atoms with Crippen LogP contribution in [0.25, 0.3) is 0 Å². The number of carbonyl (C=O) groups is 1. The Morgan fingerprint density at radius 2 is 1.89 bits per heavy atom. The summed E-state index contributed by atoms with van der Waals surface area (Å²) in [7, 11) is 1.50. The van der Waals surface area contributed by atoms with E-state index in [-0.39, 0.29) is 19.1 Å². The molecule has 1 aromatic rings. The monoisotopic (exact) mass is 252 g/mol. The number of aliphatic hydroxyl groups is 1. The van der Waals surface area contributed by atoms with E-state index in [0.717, 1.165) is 16.8 Å². The van der Waals surface area contributed by atoms with Gasteiger partial charge in [-0.1, -0.05) is 18.2 Å². The Morgan fingerprint density at radius 1 is 1.33 bits per heavy atom. The summed E-state index contributed by atoms with van der Waals surface area (Å²) in [6.45, 7) is 5.41. The summed E-state index contributed by atoms with van der Waals surface area (Å²) in [5.74, 6) is -0.187. The van der Waals surface area contributed by atoms with E-state index in [4.69, 9.17) is 9.94 Å². The van der Waals surface area contributed by atoms with Crippen LogP contribution in [0.1, 0.15) is 18.1 Å². The Hall–Kier alpha value is -1.59. The van der Waals surface area contributed by atoms with E-state index < -0.39 is 0 Å². The molecule has 1 N–H and O–H groups in total. The minimum Gasteiger partial charge on any atom is -0.394 e. The Bertz CT molecular complexity index is 400. The molecule has 100 valence electrons. The largest absolute Gasteiger partial charge is 0.394 e. The quantitative estimate of drug-likeness (QED) is 0.805. The van der Waals surface area contributed by atoms with E-state index in [2.05, 4.69) is 0 Å². The predicted octanol–water partition coefficient (Wildman–Crippen LogP) is 1.43. The van der Waals surface area contributed by atoms with E-state index in [1.54, 1.807) is 0 Å². The molecule has 0 radical (unpaired) electrons. The first-order valence-corrected chi connectivity index (χ1v) is 5.82. The van der Waals surface area contributed by atoms with E-state index in [0.29, 0.717) is 0 Å². The lowest BCUT2D eigenvalue weighted by Gasteiger charge is -2.34. The van der Waals surface area contributed by atoms with Gasteiger partial charge in [0.2, 0.25) is 5.91 Å². The first-order chi connectivity index (χ1) is 8.52. The van der Waals surface area contributed by atoms with E-state index >= 15 is 0 Å². The molecule has 0 heterocycles. The summed E-state index contributed by atoms with van der Waals surface area (Å²) in [6, 6.07) is 5.85. The molecule has 0 unspecified atom stereocenters. The number of para-hydroxylation sites is 1. The molecule has 0 saturated heterocycles. The molecule has 0 bridgehead atoms. The van der Waals surface area contributed by atoms with Crippen molar-refractivity contribution in [2.75, 3.05) is 25.4 Å². The molecule has 0 aromatic heterocycles. The summed E-state index contributed by atoms with van der Waals surface area (Å²) in [5, 5.41) is 11.8. The van der Waals surface area contributed by atoms with Crippen molar-refractivity contribution in [3.63, 3.8) is 0 Å². The first kappa shape index (κ1) is 14.5. The van der Waals surface area contributed by atoms with Crippen molar-refractivity contribution in [2.24, 2.45) is 0 Å². The highest BCUT2D eigenvalue weighted by Crippen LogP contribution is 2.26. The zero-order chi connectivity index (χ0) is 13.7. The van der Waals surface area contributed by atoms with Crippen LogP contribution in [0.2, 0.25) is 0 Å². The van der Waals surface area contributed by atoms with Crippen molar-refractivity contribution < 1.29 is 14.7 Å². The smallest absolute Gasteiger partial charge is 0.239 e. The van der Waals surface area contributed by atoms with Crippen LogP contribution in [-0.4, -0.2) is 36.3 Å². The molecule has 1 amide bonds. The summed E-state index contributed by atoms with van der Waals surface area (Å²) < 4.78 is 0. The van der Waals surface area contributed by atoms with Gasteiger partial charge in [0.25, 0.3) is 0 Å². The summed E-state index contributed by atoms with van der Waals surface area (Å²) in [5.41, 5.74) is 2.82. The van der Waals surface area contributed by atoms with Crippen LogP contribution in [0.15, 0.2) is 18.2 Å². The van der Waals surface area contributed by atoms with Crippen LogP contribution >= 0.6 is 0 Å². The number of carbonyl (C=O) groups excluding carboxylic acids is 1. The third kappa shape index (κ3) is 3.00. The van der Waals surface area contributed by atoms with Gasteiger partial charge in [-0.15, -0.1) is 0 Å². The minimum atomic E-state index is -0.187. The number of nitrogens with zero attached hydrogens (tertiary/aromatic N) is 2. The Morgan fingerprint density at radius 3 is 2.28 bits per heavy atom. The van der Waals surface area contributed by atoms with Gasteiger partial charge in [0.05, 0.1) is 25.9 Å². The average molecular weight is 252 g/mol. The molecule has 0 atom stereocenters. The van der Waals surface area contributed by atoms with Crippen LogP contribution in [0.5, 0.6) is 0 Å². The van der Waals surface area contributed by atoms with Gasteiger partial charge in [0, 0.05) is 6.92 Å². The Kier molecular flexibility index (Phi) is 5.12. The van der Waals surface area contributed by atoms with Crippen molar-refractivity contribution in [1.82, 2.24) is 5.01 Å². The molecule has 0 spiro atoms. The molecule has 5 heteroatoms. The number of rotatable bonds is 5. The van der Waals surface area contributed by atoms with Gasteiger partial charge in [0.15, 0.2) is 0 Å². The number of hydrazine groups is 1. The number of benzene rings is 1. The molecule has 0 aliphatic rings. The average Bonchev–Trinajstić information content (AvgIpc) is 2.31. The highest BCUT2D eigenvalue weighted by Gasteiger charge is 2.21. The van der Waals surface area contributed by atoms with Gasteiger partial charge in [-0.25, -0.2) is 5.01 Å². The Labute approximate surface area is 107 Å². The molecule has 0 aliphatic heterocycles. The Balaban J connectivity index is 3.18. The van der Waals surface area contributed by atoms with Gasteiger partial charge < -0.3 is 5.11 Å². The molecular formula is C13H20N2O3. The normalized spacial score (nSPS) is 10.3. The summed E-state index contributed by atoms with van der Waals surface area (Å²) in [4.78, 5) is 16.9. The van der Waals surface area contributed by atoms with E-state index in [1.807, 2.05) is 32.0 Å². The lowest BCUT2D eigenvalue weighted by molar-refractivity contribution is -0.136. The number of hydrogen-bond donors (Lipinski definition) is 1. The van der Waals surface area contributed by atoms with E-state index in [1.165, 1.54) is 24.2 Å². The predicted molar refractivity (Wildman–Crippen MR) is 69.9 cm³/mol. The number of anilines is 1.